The van der Waals surface area contributed by atoms with Crippen molar-refractivity contribution < 1.29 is 13.6 Å². The standard InChI is InChI=1S/C20H40O3PS3/c1-17(2)10-7-13-21-24(20-16-25-27-26-20,22-14-8-11-18(3)4)23-15-9-12-19(5)6/h16-19H,7-15H2,1-6H3/q+1. The SMILES string of the molecule is CC(C)CCCO[P+](OCCCC(C)C)(OCCCC(C)C)C1=CSSS1. The van der Waals surface area contributed by atoms with Crippen molar-refractivity contribution in [3.63, 3.8) is 0 Å². The smallest absolute Gasteiger partial charge is 0.173 e. The summed E-state index contributed by atoms with van der Waals surface area (Å²) >= 11 is 0. The molecule has 7 heteroatoms. The summed E-state index contributed by atoms with van der Waals surface area (Å²) in [6.07, 6.45) is 6.70. The van der Waals surface area contributed by atoms with Crippen molar-refractivity contribution in [3.8, 4) is 0 Å². The highest BCUT2D eigenvalue weighted by atomic mass is 33.5. The molecule has 0 unspecified atom stereocenters. The Morgan fingerprint density at radius 2 is 1.15 bits per heavy atom. The van der Waals surface area contributed by atoms with Crippen LogP contribution in [-0.4, -0.2) is 19.8 Å². The van der Waals surface area contributed by atoms with E-state index in [0.29, 0.717) is 37.6 Å². The summed E-state index contributed by atoms with van der Waals surface area (Å²) < 4.78 is 20.5. The van der Waals surface area contributed by atoms with E-state index in [9.17, 15) is 0 Å². The molecule has 0 saturated heterocycles. The molecule has 0 aromatic heterocycles. The molecule has 0 aliphatic carbocycles. The lowest BCUT2D eigenvalue weighted by Crippen LogP contribution is -2.12. The molecule has 1 aliphatic rings. The molecule has 0 radical (unpaired) electrons. The van der Waals surface area contributed by atoms with Crippen LogP contribution in [-0.2, 0) is 13.6 Å². The van der Waals surface area contributed by atoms with Crippen molar-refractivity contribution >= 4 is 39.4 Å². The first kappa shape index (κ1) is 26.1. The van der Waals surface area contributed by atoms with E-state index in [2.05, 4.69) is 47.0 Å². The lowest BCUT2D eigenvalue weighted by molar-refractivity contribution is 0.135. The molecule has 0 N–H and O–H groups in total. The Hall–Kier alpha value is 1.10. The fourth-order valence-electron chi connectivity index (χ4n) is 2.58. The third-order valence-electron chi connectivity index (χ3n) is 4.14. The van der Waals surface area contributed by atoms with Gasteiger partial charge in [-0.05, 0) is 76.9 Å². The van der Waals surface area contributed by atoms with Gasteiger partial charge in [-0.3, -0.25) is 0 Å². The molecule has 0 atom stereocenters. The van der Waals surface area contributed by atoms with Gasteiger partial charge in [0.05, 0.1) is 19.8 Å². The van der Waals surface area contributed by atoms with Gasteiger partial charge in [0.1, 0.15) is 0 Å². The van der Waals surface area contributed by atoms with Crippen LogP contribution < -0.4 is 0 Å². The van der Waals surface area contributed by atoms with Crippen molar-refractivity contribution in [2.24, 2.45) is 17.8 Å². The summed E-state index contributed by atoms with van der Waals surface area (Å²) in [4.78, 5) is 0. The maximum Gasteiger partial charge on any atom is 0.457 e. The average Bonchev–Trinajstić information content (AvgIpc) is 3.13. The Kier molecular flexibility index (Phi) is 14.5. The van der Waals surface area contributed by atoms with Crippen LogP contribution in [0.15, 0.2) is 10.1 Å². The monoisotopic (exact) mass is 455 g/mol. The number of rotatable bonds is 16. The molecule has 1 rings (SSSR count). The predicted octanol–water partition coefficient (Wildman–Crippen LogP) is 8.95. The van der Waals surface area contributed by atoms with Gasteiger partial charge in [0.15, 0.2) is 0 Å². The van der Waals surface area contributed by atoms with Crippen molar-refractivity contribution in [1.29, 1.82) is 0 Å². The minimum absolute atomic E-state index is 0.700. The highest BCUT2D eigenvalue weighted by Crippen LogP contribution is 2.77. The largest absolute Gasteiger partial charge is 0.457 e. The third kappa shape index (κ3) is 11.8. The van der Waals surface area contributed by atoms with Crippen LogP contribution in [0.3, 0.4) is 0 Å². The average molecular weight is 456 g/mol. The van der Waals surface area contributed by atoms with Gasteiger partial charge in [0.2, 0.25) is 4.65 Å². The molecule has 0 saturated carbocycles. The first-order chi connectivity index (χ1) is 12.9. The second-order valence-corrected chi connectivity index (χ2v) is 14.7. The Morgan fingerprint density at radius 1 is 0.741 bits per heavy atom. The zero-order chi connectivity index (χ0) is 20.1. The highest BCUT2D eigenvalue weighted by Gasteiger charge is 2.52. The van der Waals surface area contributed by atoms with Crippen LogP contribution in [0.1, 0.15) is 80.1 Å². The first-order valence-electron chi connectivity index (χ1n) is 10.4. The molecule has 0 bridgehead atoms. The van der Waals surface area contributed by atoms with E-state index in [1.165, 1.54) is 19.3 Å². The molecule has 27 heavy (non-hydrogen) atoms. The summed E-state index contributed by atoms with van der Waals surface area (Å²) in [6.45, 7) is 15.7. The molecule has 0 aromatic carbocycles. The first-order valence-corrected chi connectivity index (χ1v) is 15.5. The quantitative estimate of drug-likeness (QED) is 0.131. The molecule has 160 valence electrons. The van der Waals surface area contributed by atoms with E-state index >= 15 is 0 Å². The van der Waals surface area contributed by atoms with Gasteiger partial charge >= 0.3 is 7.94 Å². The second-order valence-electron chi connectivity index (χ2n) is 8.31. The van der Waals surface area contributed by atoms with E-state index in [-0.39, 0.29) is 0 Å². The normalized spacial score (nSPS) is 15.4. The van der Waals surface area contributed by atoms with Gasteiger partial charge in [-0.25, -0.2) is 0 Å². The fourth-order valence-corrected chi connectivity index (χ4v) is 10.8. The van der Waals surface area contributed by atoms with E-state index in [1.54, 1.807) is 31.4 Å². The van der Waals surface area contributed by atoms with Crippen LogP contribution in [0.4, 0.5) is 0 Å². The van der Waals surface area contributed by atoms with Gasteiger partial charge in [-0.15, -0.1) is 0 Å². The zero-order valence-electron chi connectivity index (χ0n) is 18.1. The van der Waals surface area contributed by atoms with Gasteiger partial charge in [0, 0.05) is 16.2 Å². The minimum atomic E-state index is -2.44. The van der Waals surface area contributed by atoms with Gasteiger partial charge in [0.25, 0.3) is 0 Å². The Balaban J connectivity index is 2.71. The van der Waals surface area contributed by atoms with Crippen LogP contribution in [0.25, 0.3) is 0 Å². The zero-order valence-corrected chi connectivity index (χ0v) is 21.4. The molecule has 0 spiro atoms. The summed E-state index contributed by atoms with van der Waals surface area (Å²) in [7, 11) is 2.83. The highest BCUT2D eigenvalue weighted by molar-refractivity contribution is 9.12. The Bertz CT molecular complexity index is 376. The van der Waals surface area contributed by atoms with E-state index in [4.69, 9.17) is 13.6 Å². The summed E-state index contributed by atoms with van der Waals surface area (Å²) in [5.74, 6) is 2.10. The van der Waals surface area contributed by atoms with Crippen molar-refractivity contribution in [1.82, 2.24) is 0 Å². The van der Waals surface area contributed by atoms with Crippen LogP contribution >= 0.6 is 39.4 Å². The maximum atomic E-state index is 6.43. The Labute approximate surface area is 180 Å². The van der Waals surface area contributed by atoms with Crippen LogP contribution in [0.2, 0.25) is 0 Å². The van der Waals surface area contributed by atoms with E-state index < -0.39 is 7.94 Å². The molecule has 0 aromatic rings. The van der Waals surface area contributed by atoms with Gasteiger partial charge in [-0.1, -0.05) is 41.5 Å². The van der Waals surface area contributed by atoms with Crippen LogP contribution in [0, 0.1) is 17.8 Å². The van der Waals surface area contributed by atoms with Gasteiger partial charge in [-0.2, -0.15) is 13.6 Å². The molecule has 0 amide bonds. The lowest BCUT2D eigenvalue weighted by atomic mass is 10.1. The van der Waals surface area contributed by atoms with Crippen molar-refractivity contribution in [2.45, 2.75) is 80.1 Å². The molecule has 1 heterocycles. The summed E-state index contributed by atoms with van der Waals surface area (Å²) in [5, 5.41) is 2.18. The van der Waals surface area contributed by atoms with E-state index in [1.807, 2.05) is 0 Å². The summed E-state index contributed by atoms with van der Waals surface area (Å²) in [6, 6.07) is 0. The summed E-state index contributed by atoms with van der Waals surface area (Å²) in [5.41, 5.74) is 0. The van der Waals surface area contributed by atoms with E-state index in [0.717, 1.165) is 23.9 Å². The lowest BCUT2D eigenvalue weighted by Gasteiger charge is -2.22. The fraction of sp³-hybridized carbons (Fsp3) is 0.900. The van der Waals surface area contributed by atoms with Crippen molar-refractivity contribution in [2.75, 3.05) is 19.8 Å². The maximum absolute atomic E-state index is 6.43. The minimum Gasteiger partial charge on any atom is -0.173 e. The van der Waals surface area contributed by atoms with Gasteiger partial charge < -0.3 is 0 Å². The molecular formula is C20H40O3PS3+. The number of hydrogen-bond donors (Lipinski definition) is 0. The second kappa shape index (κ2) is 15.0. The third-order valence-corrected chi connectivity index (χ3v) is 11.4. The molecular weight excluding hydrogens is 415 g/mol. The topological polar surface area (TPSA) is 27.7 Å². The molecule has 0 fully saturated rings. The molecule has 3 nitrogen and oxygen atoms in total. The van der Waals surface area contributed by atoms with Crippen molar-refractivity contribution in [3.05, 3.63) is 10.1 Å². The predicted molar refractivity (Wildman–Crippen MR) is 128 cm³/mol. The van der Waals surface area contributed by atoms with Crippen LogP contribution in [0.5, 0.6) is 0 Å². The molecule has 1 aliphatic heterocycles. The Morgan fingerprint density at radius 3 is 1.44 bits per heavy atom. The number of hydrogen-bond acceptors (Lipinski definition) is 6.